The number of sulfone groups is 1. The highest BCUT2D eigenvalue weighted by atomic mass is 32.2. The maximum absolute atomic E-state index is 12.9. The number of aromatic nitrogens is 2. The van der Waals surface area contributed by atoms with E-state index in [2.05, 4.69) is 29.9 Å². The monoisotopic (exact) mass is 479 g/mol. The summed E-state index contributed by atoms with van der Waals surface area (Å²) in [6.45, 7) is 8.15. The van der Waals surface area contributed by atoms with Crippen molar-refractivity contribution in [1.29, 1.82) is 0 Å². The van der Waals surface area contributed by atoms with Gasteiger partial charge in [-0.2, -0.15) is 0 Å². The zero-order valence-corrected chi connectivity index (χ0v) is 21.0. The van der Waals surface area contributed by atoms with Crippen molar-refractivity contribution in [2.45, 2.75) is 32.4 Å². The fraction of sp³-hybridized carbons (Fsp3) is 0.429. The summed E-state index contributed by atoms with van der Waals surface area (Å²) in [6, 6.07) is 6.87. The van der Waals surface area contributed by atoms with E-state index in [9.17, 15) is 13.2 Å². The molecule has 0 unspecified atom stereocenters. The number of amides is 1. The Morgan fingerprint density at radius 3 is 2.71 bits per heavy atom. The zero-order valence-electron chi connectivity index (χ0n) is 18.3. The van der Waals surface area contributed by atoms with E-state index in [1.54, 1.807) is 11.7 Å². The Hall–Kier alpha value is -2.01. The standard InChI is InChI=1S/C21H29N3O4S2Si/c1-30(26,27)9-6-23-21(25)18-11-16(20-13-22-14-29-20)12-19-17(18)5-7-24(19)15-28-8-10-31(2,3)4/h5,7,11-14H,6,8-10,15H2,1-4H3,(H,23,25). The number of fused-ring (bicyclic) bond motifs is 1. The van der Waals surface area contributed by atoms with Crippen LogP contribution in [0, 0.1) is 0 Å². The molecule has 0 aliphatic heterocycles. The van der Waals surface area contributed by atoms with Crippen molar-refractivity contribution in [3.8, 4) is 10.4 Å². The molecule has 2 aromatic heterocycles. The second kappa shape index (κ2) is 9.64. The molecule has 0 atom stereocenters. The number of hydrogen-bond acceptors (Lipinski definition) is 6. The summed E-state index contributed by atoms with van der Waals surface area (Å²) >= 11 is 1.50. The van der Waals surface area contributed by atoms with Crippen molar-refractivity contribution in [1.82, 2.24) is 14.9 Å². The summed E-state index contributed by atoms with van der Waals surface area (Å²) in [6.07, 6.45) is 4.85. The number of nitrogens with zero attached hydrogens (tertiary/aromatic N) is 2. The van der Waals surface area contributed by atoms with E-state index < -0.39 is 17.9 Å². The Morgan fingerprint density at radius 2 is 2.06 bits per heavy atom. The lowest BCUT2D eigenvalue weighted by atomic mass is 10.0. The van der Waals surface area contributed by atoms with E-state index in [-0.39, 0.29) is 18.2 Å². The molecule has 0 fully saturated rings. The van der Waals surface area contributed by atoms with Gasteiger partial charge in [-0.15, -0.1) is 11.3 Å². The topological polar surface area (TPSA) is 90.3 Å². The van der Waals surface area contributed by atoms with Crippen molar-refractivity contribution in [3.63, 3.8) is 0 Å². The highest BCUT2D eigenvalue weighted by molar-refractivity contribution is 7.90. The molecule has 0 bridgehead atoms. The Bertz CT molecular complexity index is 1150. The van der Waals surface area contributed by atoms with E-state index in [4.69, 9.17) is 4.74 Å². The van der Waals surface area contributed by atoms with Gasteiger partial charge in [0.05, 0.1) is 21.7 Å². The quantitative estimate of drug-likeness (QED) is 0.352. The fourth-order valence-electron chi connectivity index (χ4n) is 3.08. The van der Waals surface area contributed by atoms with Crippen LogP contribution in [-0.2, 0) is 21.3 Å². The van der Waals surface area contributed by atoms with Crippen LogP contribution in [0.1, 0.15) is 10.4 Å². The lowest BCUT2D eigenvalue weighted by Gasteiger charge is -2.16. The van der Waals surface area contributed by atoms with Crippen LogP contribution >= 0.6 is 11.3 Å². The van der Waals surface area contributed by atoms with Gasteiger partial charge in [0.2, 0.25) is 0 Å². The highest BCUT2D eigenvalue weighted by Crippen LogP contribution is 2.30. The molecule has 0 saturated heterocycles. The smallest absolute Gasteiger partial charge is 0.252 e. The molecule has 0 radical (unpaired) electrons. The van der Waals surface area contributed by atoms with E-state index in [1.807, 2.05) is 29.0 Å². The number of hydrogen-bond donors (Lipinski definition) is 1. The number of nitrogens with one attached hydrogen (secondary N) is 1. The number of rotatable bonds is 10. The predicted molar refractivity (Wildman–Crippen MR) is 129 cm³/mol. The molecule has 0 spiro atoms. The Morgan fingerprint density at radius 1 is 1.29 bits per heavy atom. The van der Waals surface area contributed by atoms with Crippen molar-refractivity contribution < 1.29 is 17.9 Å². The van der Waals surface area contributed by atoms with Gasteiger partial charge in [0.1, 0.15) is 16.6 Å². The molecule has 1 amide bonds. The lowest BCUT2D eigenvalue weighted by molar-refractivity contribution is 0.0902. The first-order valence-corrected chi connectivity index (χ1v) is 16.7. The number of ether oxygens (including phenoxy) is 1. The molecule has 168 valence electrons. The van der Waals surface area contributed by atoms with Gasteiger partial charge in [0.15, 0.2) is 0 Å². The van der Waals surface area contributed by atoms with Gasteiger partial charge in [-0.05, 0) is 29.8 Å². The molecule has 31 heavy (non-hydrogen) atoms. The van der Waals surface area contributed by atoms with Crippen molar-refractivity contribution >= 4 is 46.1 Å². The molecule has 10 heteroatoms. The van der Waals surface area contributed by atoms with Gasteiger partial charge in [-0.1, -0.05) is 19.6 Å². The number of benzene rings is 1. The summed E-state index contributed by atoms with van der Waals surface area (Å²) in [7, 11) is -4.31. The number of carbonyl (C=O) groups excluding carboxylic acids is 1. The Balaban J connectivity index is 1.88. The molecule has 3 aromatic rings. The first-order valence-electron chi connectivity index (χ1n) is 10.1. The SMILES string of the molecule is C[Si](C)(C)CCOCn1ccc2c(C(=O)NCCS(C)(=O)=O)cc(-c3cncs3)cc21. The molecule has 0 aliphatic carbocycles. The average molecular weight is 480 g/mol. The summed E-state index contributed by atoms with van der Waals surface area (Å²) in [5.74, 6) is -0.389. The second-order valence-corrected chi connectivity index (χ2v) is 17.6. The minimum absolute atomic E-state index is 0.0739. The van der Waals surface area contributed by atoms with Crippen molar-refractivity contribution in [3.05, 3.63) is 41.7 Å². The van der Waals surface area contributed by atoms with E-state index in [0.717, 1.165) is 33.6 Å². The summed E-state index contributed by atoms with van der Waals surface area (Å²) in [4.78, 5) is 18.0. The van der Waals surface area contributed by atoms with Crippen LogP contribution in [0.2, 0.25) is 25.7 Å². The average Bonchev–Trinajstić information content (AvgIpc) is 3.32. The van der Waals surface area contributed by atoms with Crippen LogP contribution in [0.25, 0.3) is 21.3 Å². The number of carbonyl (C=O) groups is 1. The third-order valence-corrected chi connectivity index (χ3v) is 8.31. The maximum atomic E-state index is 12.9. The van der Waals surface area contributed by atoms with Gasteiger partial charge >= 0.3 is 0 Å². The Labute approximate surface area is 188 Å². The van der Waals surface area contributed by atoms with Gasteiger partial charge in [0, 0.05) is 50.8 Å². The first kappa shape index (κ1) is 23.6. The van der Waals surface area contributed by atoms with Crippen LogP contribution in [0.5, 0.6) is 0 Å². The largest absolute Gasteiger partial charge is 0.361 e. The van der Waals surface area contributed by atoms with Crippen LogP contribution in [0.3, 0.4) is 0 Å². The maximum Gasteiger partial charge on any atom is 0.252 e. The second-order valence-electron chi connectivity index (χ2n) is 8.84. The predicted octanol–water partition coefficient (Wildman–Crippen LogP) is 3.85. The molecule has 7 nitrogen and oxygen atoms in total. The van der Waals surface area contributed by atoms with Crippen LogP contribution in [-0.4, -0.2) is 57.1 Å². The van der Waals surface area contributed by atoms with Crippen molar-refractivity contribution in [2.24, 2.45) is 0 Å². The van der Waals surface area contributed by atoms with Crippen molar-refractivity contribution in [2.75, 3.05) is 25.2 Å². The van der Waals surface area contributed by atoms with Gasteiger partial charge < -0.3 is 14.6 Å². The lowest BCUT2D eigenvalue weighted by Crippen LogP contribution is -2.29. The molecule has 1 N–H and O–H groups in total. The zero-order chi connectivity index (χ0) is 22.6. The minimum Gasteiger partial charge on any atom is -0.361 e. The first-order chi connectivity index (χ1) is 14.5. The van der Waals surface area contributed by atoms with Gasteiger partial charge in [-0.25, -0.2) is 8.42 Å². The molecule has 2 heterocycles. The van der Waals surface area contributed by atoms with E-state index in [1.165, 1.54) is 11.3 Å². The molecular weight excluding hydrogens is 450 g/mol. The molecule has 0 saturated carbocycles. The highest BCUT2D eigenvalue weighted by Gasteiger charge is 2.17. The molecule has 0 aliphatic rings. The molecular formula is C21H29N3O4S2Si. The summed E-state index contributed by atoms with van der Waals surface area (Å²) in [5.41, 5.74) is 4.05. The summed E-state index contributed by atoms with van der Waals surface area (Å²) in [5, 5.41) is 3.54. The summed E-state index contributed by atoms with van der Waals surface area (Å²) < 4.78 is 30.7. The Kier molecular flexibility index (Phi) is 7.35. The van der Waals surface area contributed by atoms with Gasteiger partial charge in [0.25, 0.3) is 5.91 Å². The fourth-order valence-corrected chi connectivity index (χ4v) is 4.92. The minimum atomic E-state index is -3.15. The van der Waals surface area contributed by atoms with E-state index >= 15 is 0 Å². The van der Waals surface area contributed by atoms with Crippen LogP contribution in [0.15, 0.2) is 36.1 Å². The van der Waals surface area contributed by atoms with Crippen LogP contribution < -0.4 is 5.32 Å². The third kappa shape index (κ3) is 6.73. The third-order valence-electron chi connectivity index (χ3n) is 4.84. The molecule has 3 rings (SSSR count). The van der Waals surface area contributed by atoms with Crippen LogP contribution in [0.4, 0.5) is 0 Å². The number of thiazole rings is 1. The van der Waals surface area contributed by atoms with E-state index in [0.29, 0.717) is 18.9 Å². The van der Waals surface area contributed by atoms with Gasteiger partial charge in [-0.3, -0.25) is 9.78 Å². The molecule has 1 aromatic carbocycles. The normalized spacial score (nSPS) is 12.4.